The summed E-state index contributed by atoms with van der Waals surface area (Å²) in [7, 11) is 0. The average molecular weight is 300 g/mol. The van der Waals surface area contributed by atoms with Gasteiger partial charge in [0.2, 0.25) is 5.91 Å². The first-order valence-corrected chi connectivity index (χ1v) is 7.51. The second-order valence-corrected chi connectivity index (χ2v) is 5.59. The summed E-state index contributed by atoms with van der Waals surface area (Å²) in [6.45, 7) is 5.16. The molecule has 1 aliphatic carbocycles. The molecular weight excluding hydrogens is 280 g/mol. The van der Waals surface area contributed by atoms with Crippen LogP contribution in [0.5, 0.6) is 0 Å². The van der Waals surface area contributed by atoms with Gasteiger partial charge in [-0.3, -0.25) is 4.79 Å². The van der Waals surface area contributed by atoms with Crippen molar-refractivity contribution >= 4 is 11.7 Å². The van der Waals surface area contributed by atoms with Crippen LogP contribution < -0.4 is 10.6 Å². The van der Waals surface area contributed by atoms with Crippen LogP contribution in [0.1, 0.15) is 24.2 Å². The normalized spacial score (nSPS) is 13.9. The van der Waals surface area contributed by atoms with Gasteiger partial charge in [-0.05, 0) is 32.8 Å². The number of carbonyl (C=O) groups is 1. The van der Waals surface area contributed by atoms with E-state index in [4.69, 9.17) is 0 Å². The highest BCUT2D eigenvalue weighted by Crippen LogP contribution is 2.28. The molecule has 0 atom stereocenters. The molecule has 3 rings (SSSR count). The molecule has 0 unspecified atom stereocenters. The number of anilines is 1. The van der Waals surface area contributed by atoms with Gasteiger partial charge in [-0.15, -0.1) is 0 Å². The van der Waals surface area contributed by atoms with Crippen LogP contribution in [-0.2, 0) is 4.79 Å². The Bertz CT molecular complexity index is 676. The molecule has 7 nitrogen and oxygen atoms in total. The Morgan fingerprint density at radius 3 is 2.77 bits per heavy atom. The number of hydrogen-bond donors (Lipinski definition) is 2. The fraction of sp³-hybridized carbons (Fsp3) is 0.467. The highest BCUT2D eigenvalue weighted by Gasteiger charge is 2.28. The molecule has 1 amide bonds. The lowest BCUT2D eigenvalue weighted by molar-refractivity contribution is -0.122. The fourth-order valence-corrected chi connectivity index (χ4v) is 2.29. The number of carbonyl (C=O) groups excluding carboxylic acids is 1. The molecule has 0 aliphatic heterocycles. The van der Waals surface area contributed by atoms with Gasteiger partial charge in [0.15, 0.2) is 5.82 Å². The third kappa shape index (κ3) is 3.41. The first-order chi connectivity index (χ1) is 10.6. The molecule has 2 aromatic rings. The summed E-state index contributed by atoms with van der Waals surface area (Å²) >= 11 is 0. The van der Waals surface area contributed by atoms with Crippen LogP contribution >= 0.6 is 0 Å². The van der Waals surface area contributed by atoms with Gasteiger partial charge in [0.25, 0.3) is 0 Å². The summed E-state index contributed by atoms with van der Waals surface area (Å²) in [5.41, 5.74) is 1.98. The van der Waals surface area contributed by atoms with Crippen LogP contribution in [0.4, 0.5) is 5.82 Å². The number of nitrogens with one attached hydrogen (secondary N) is 2. The maximum absolute atomic E-state index is 11.5. The van der Waals surface area contributed by atoms with Crippen molar-refractivity contribution in [1.82, 2.24) is 25.1 Å². The van der Waals surface area contributed by atoms with Gasteiger partial charge in [-0.25, -0.2) is 14.6 Å². The van der Waals surface area contributed by atoms with E-state index in [1.54, 1.807) is 4.68 Å². The maximum Gasteiger partial charge on any atom is 0.223 e. The molecule has 0 saturated heterocycles. The van der Waals surface area contributed by atoms with Crippen molar-refractivity contribution in [3.8, 4) is 5.82 Å². The molecule has 2 N–H and O–H groups in total. The Kier molecular flexibility index (Phi) is 4.04. The molecule has 0 aromatic carbocycles. The Labute approximate surface area is 129 Å². The predicted molar refractivity (Wildman–Crippen MR) is 82.9 cm³/mol. The first kappa shape index (κ1) is 14.5. The Hall–Kier alpha value is -2.44. The molecule has 0 radical (unpaired) electrons. The van der Waals surface area contributed by atoms with E-state index >= 15 is 0 Å². The molecule has 0 bridgehead atoms. The van der Waals surface area contributed by atoms with Crippen LogP contribution in [-0.4, -0.2) is 38.7 Å². The van der Waals surface area contributed by atoms with Crippen LogP contribution in [0.3, 0.4) is 0 Å². The van der Waals surface area contributed by atoms with Crippen molar-refractivity contribution in [2.24, 2.45) is 5.92 Å². The summed E-state index contributed by atoms with van der Waals surface area (Å²) in [6.07, 6.45) is 3.56. The largest absolute Gasteiger partial charge is 0.368 e. The topological polar surface area (TPSA) is 84.7 Å². The van der Waals surface area contributed by atoms with E-state index in [0.717, 1.165) is 35.9 Å². The van der Waals surface area contributed by atoms with Crippen LogP contribution in [0.2, 0.25) is 0 Å². The van der Waals surface area contributed by atoms with Crippen LogP contribution in [0.25, 0.3) is 5.82 Å². The summed E-state index contributed by atoms with van der Waals surface area (Å²) in [4.78, 5) is 20.0. The minimum absolute atomic E-state index is 0.160. The predicted octanol–water partition coefficient (Wildman–Crippen LogP) is 1.22. The molecule has 1 fully saturated rings. The Morgan fingerprint density at radius 1 is 1.27 bits per heavy atom. The van der Waals surface area contributed by atoms with Crippen molar-refractivity contribution < 1.29 is 4.79 Å². The van der Waals surface area contributed by atoms with Crippen LogP contribution in [0.15, 0.2) is 18.5 Å². The van der Waals surface area contributed by atoms with E-state index in [1.807, 2.05) is 26.0 Å². The van der Waals surface area contributed by atoms with Gasteiger partial charge in [-0.1, -0.05) is 0 Å². The van der Waals surface area contributed by atoms with Gasteiger partial charge in [0, 0.05) is 30.8 Å². The van der Waals surface area contributed by atoms with Crippen molar-refractivity contribution in [3.63, 3.8) is 0 Å². The summed E-state index contributed by atoms with van der Waals surface area (Å²) in [6, 6.07) is 3.85. The van der Waals surface area contributed by atoms with Gasteiger partial charge >= 0.3 is 0 Å². The highest BCUT2D eigenvalue weighted by molar-refractivity contribution is 5.80. The van der Waals surface area contributed by atoms with E-state index in [-0.39, 0.29) is 11.8 Å². The molecule has 2 heterocycles. The molecule has 2 aromatic heterocycles. The van der Waals surface area contributed by atoms with Crippen molar-refractivity contribution in [2.75, 3.05) is 18.4 Å². The third-order valence-corrected chi connectivity index (χ3v) is 3.56. The van der Waals surface area contributed by atoms with Gasteiger partial charge < -0.3 is 10.6 Å². The lowest BCUT2D eigenvalue weighted by atomic mass is 10.4. The van der Waals surface area contributed by atoms with Gasteiger partial charge in [0.05, 0.1) is 5.69 Å². The number of rotatable bonds is 6. The molecular formula is C15H20N6O. The van der Waals surface area contributed by atoms with E-state index in [1.165, 1.54) is 6.33 Å². The van der Waals surface area contributed by atoms with Crippen LogP contribution in [0, 0.1) is 19.8 Å². The number of amides is 1. The first-order valence-electron chi connectivity index (χ1n) is 7.51. The van der Waals surface area contributed by atoms with Crippen molar-refractivity contribution in [1.29, 1.82) is 0 Å². The molecule has 116 valence electrons. The fourth-order valence-electron chi connectivity index (χ4n) is 2.29. The standard InChI is InChI=1S/C15H20N6O/c1-10-7-11(2)21(20-10)14-8-13(18-9-19-14)16-5-6-17-15(22)12-3-4-12/h7-9,12H,3-6H2,1-2H3,(H,17,22)(H,16,18,19). The summed E-state index contributed by atoms with van der Waals surface area (Å²) in [5.74, 6) is 1.85. The number of hydrogen-bond acceptors (Lipinski definition) is 5. The van der Waals surface area contributed by atoms with Crippen molar-refractivity contribution in [3.05, 3.63) is 29.8 Å². The molecule has 0 spiro atoms. The molecule has 7 heteroatoms. The minimum atomic E-state index is 0.160. The summed E-state index contributed by atoms with van der Waals surface area (Å²) < 4.78 is 1.79. The number of aromatic nitrogens is 4. The second-order valence-electron chi connectivity index (χ2n) is 5.59. The zero-order valence-electron chi connectivity index (χ0n) is 12.8. The summed E-state index contributed by atoms with van der Waals surface area (Å²) in [5, 5.41) is 10.5. The Balaban J connectivity index is 1.57. The third-order valence-electron chi connectivity index (χ3n) is 3.56. The zero-order valence-corrected chi connectivity index (χ0v) is 12.8. The van der Waals surface area contributed by atoms with E-state index in [2.05, 4.69) is 25.7 Å². The van der Waals surface area contributed by atoms with E-state index in [0.29, 0.717) is 13.1 Å². The van der Waals surface area contributed by atoms with Crippen molar-refractivity contribution in [2.45, 2.75) is 26.7 Å². The van der Waals surface area contributed by atoms with E-state index in [9.17, 15) is 4.79 Å². The zero-order chi connectivity index (χ0) is 15.5. The number of aryl methyl sites for hydroxylation is 2. The van der Waals surface area contributed by atoms with E-state index < -0.39 is 0 Å². The van der Waals surface area contributed by atoms with Gasteiger partial charge in [-0.2, -0.15) is 5.10 Å². The minimum Gasteiger partial charge on any atom is -0.368 e. The highest BCUT2D eigenvalue weighted by atomic mass is 16.2. The molecule has 22 heavy (non-hydrogen) atoms. The Morgan fingerprint density at radius 2 is 2.09 bits per heavy atom. The average Bonchev–Trinajstić information content (AvgIpc) is 3.29. The lowest BCUT2D eigenvalue weighted by Gasteiger charge is -2.08. The number of nitrogens with zero attached hydrogens (tertiary/aromatic N) is 4. The lowest BCUT2D eigenvalue weighted by Crippen LogP contribution is -2.29. The smallest absolute Gasteiger partial charge is 0.223 e. The second kappa shape index (κ2) is 6.13. The molecule has 1 saturated carbocycles. The molecule has 1 aliphatic rings. The van der Waals surface area contributed by atoms with Gasteiger partial charge in [0.1, 0.15) is 12.1 Å². The monoisotopic (exact) mass is 300 g/mol. The SMILES string of the molecule is Cc1cc(C)n(-c2cc(NCCNC(=O)C3CC3)ncn2)n1. The maximum atomic E-state index is 11.5. The quantitative estimate of drug-likeness (QED) is 0.784.